The molecule has 0 radical (unpaired) electrons. The Morgan fingerprint density at radius 2 is 2.43 bits per heavy atom. The van der Waals surface area contributed by atoms with Crippen molar-refractivity contribution in [3.05, 3.63) is 12.2 Å². The fourth-order valence-electron chi connectivity index (χ4n) is 2.49. The van der Waals surface area contributed by atoms with Crippen molar-refractivity contribution in [3.63, 3.8) is 0 Å². The van der Waals surface area contributed by atoms with Crippen LogP contribution in [0.1, 0.15) is 39.5 Å². The Hall–Kier alpha value is -1.10. The van der Waals surface area contributed by atoms with Crippen LogP contribution >= 0.6 is 0 Å². The van der Waals surface area contributed by atoms with Crippen LogP contribution in [0.15, 0.2) is 12.2 Å². The molecule has 2 heteroatoms. The summed E-state index contributed by atoms with van der Waals surface area (Å²) in [7, 11) is 0. The maximum atomic E-state index is 11.8. The fraction of sp³-hybridized carbons (Fsp3) is 0.667. The lowest BCUT2D eigenvalue weighted by Gasteiger charge is -2.29. The van der Waals surface area contributed by atoms with Crippen molar-refractivity contribution in [1.29, 1.82) is 5.26 Å². The smallest absolute Gasteiger partial charge is 0.139 e. The van der Waals surface area contributed by atoms with Gasteiger partial charge in [-0.3, -0.25) is 4.79 Å². The minimum absolute atomic E-state index is 0.281. The Kier molecular flexibility index (Phi) is 3.10. The van der Waals surface area contributed by atoms with Crippen molar-refractivity contribution >= 4 is 5.78 Å². The number of Topliss-reactive ketones (excluding diaryl/α,β-unsaturated/α-hetero) is 1. The number of ketones is 1. The van der Waals surface area contributed by atoms with Crippen molar-refractivity contribution in [2.75, 3.05) is 0 Å². The molecule has 1 aliphatic rings. The molecule has 0 aromatic rings. The van der Waals surface area contributed by atoms with Gasteiger partial charge in [0.05, 0.1) is 6.07 Å². The second-order valence-corrected chi connectivity index (χ2v) is 4.44. The predicted octanol–water partition coefficient (Wildman–Crippen LogP) is 2.85. The zero-order valence-corrected chi connectivity index (χ0v) is 8.97. The normalized spacial score (nSPS) is 31.5. The molecule has 14 heavy (non-hydrogen) atoms. The molecule has 0 amide bonds. The van der Waals surface area contributed by atoms with Crippen LogP contribution in [0.25, 0.3) is 0 Å². The molecule has 0 aliphatic heterocycles. The van der Waals surface area contributed by atoms with E-state index in [2.05, 4.69) is 12.6 Å². The zero-order valence-electron chi connectivity index (χ0n) is 8.97. The molecule has 0 bridgehead atoms. The first kappa shape index (κ1) is 11.0. The van der Waals surface area contributed by atoms with Crippen LogP contribution in [0, 0.1) is 22.7 Å². The molecule has 2 nitrogen and oxygen atoms in total. The number of rotatable bonds is 3. The molecule has 1 fully saturated rings. The van der Waals surface area contributed by atoms with Gasteiger partial charge in [-0.2, -0.15) is 5.26 Å². The SMILES string of the molecule is C=C(C)[C@H]1CCC(=O)[C@]1(C)CCC#N. The van der Waals surface area contributed by atoms with Crippen LogP contribution in [0.5, 0.6) is 0 Å². The summed E-state index contributed by atoms with van der Waals surface area (Å²) in [6.07, 6.45) is 2.71. The third-order valence-electron chi connectivity index (χ3n) is 3.42. The summed E-state index contributed by atoms with van der Waals surface area (Å²) < 4.78 is 0. The highest BCUT2D eigenvalue weighted by atomic mass is 16.1. The Labute approximate surface area is 85.6 Å². The van der Waals surface area contributed by atoms with Crippen LogP contribution in [-0.4, -0.2) is 5.78 Å². The van der Waals surface area contributed by atoms with Gasteiger partial charge >= 0.3 is 0 Å². The van der Waals surface area contributed by atoms with E-state index in [0.29, 0.717) is 25.0 Å². The monoisotopic (exact) mass is 191 g/mol. The molecule has 0 saturated heterocycles. The van der Waals surface area contributed by atoms with Crippen LogP contribution in [0.2, 0.25) is 0 Å². The van der Waals surface area contributed by atoms with Crippen LogP contribution < -0.4 is 0 Å². The topological polar surface area (TPSA) is 40.9 Å². The standard InChI is InChI=1S/C12H17NO/c1-9(2)10-5-6-11(14)12(10,3)7-4-8-13/h10H,1,4-7H2,2-3H3/t10-,12-/m1/s1. The van der Waals surface area contributed by atoms with Crippen LogP contribution in [0.4, 0.5) is 0 Å². The van der Waals surface area contributed by atoms with Crippen molar-refractivity contribution in [1.82, 2.24) is 0 Å². The predicted molar refractivity (Wildman–Crippen MR) is 55.5 cm³/mol. The Bertz CT molecular complexity index is 300. The number of allylic oxidation sites excluding steroid dienone is 1. The minimum Gasteiger partial charge on any atom is -0.299 e. The molecular weight excluding hydrogens is 174 g/mol. The van der Waals surface area contributed by atoms with Gasteiger partial charge in [0, 0.05) is 18.3 Å². The molecule has 1 saturated carbocycles. The Balaban J connectivity index is 2.84. The lowest BCUT2D eigenvalue weighted by Crippen LogP contribution is -2.29. The lowest BCUT2D eigenvalue weighted by atomic mass is 9.73. The molecule has 0 N–H and O–H groups in total. The summed E-state index contributed by atoms with van der Waals surface area (Å²) in [5.74, 6) is 0.587. The Morgan fingerprint density at radius 1 is 1.79 bits per heavy atom. The third kappa shape index (κ3) is 1.72. The first-order chi connectivity index (χ1) is 6.52. The molecule has 0 aromatic carbocycles. The molecule has 1 rings (SSSR count). The van der Waals surface area contributed by atoms with Gasteiger partial charge in [0.1, 0.15) is 5.78 Å². The summed E-state index contributed by atoms with van der Waals surface area (Å²) >= 11 is 0. The molecule has 0 spiro atoms. The largest absolute Gasteiger partial charge is 0.299 e. The number of nitriles is 1. The van der Waals surface area contributed by atoms with E-state index in [1.54, 1.807) is 0 Å². The first-order valence-corrected chi connectivity index (χ1v) is 5.08. The highest BCUT2D eigenvalue weighted by molar-refractivity contribution is 5.87. The van der Waals surface area contributed by atoms with Gasteiger partial charge in [0.25, 0.3) is 0 Å². The molecule has 0 heterocycles. The van der Waals surface area contributed by atoms with Gasteiger partial charge < -0.3 is 0 Å². The molecule has 76 valence electrons. The van der Waals surface area contributed by atoms with E-state index in [1.807, 2.05) is 13.8 Å². The maximum absolute atomic E-state index is 11.8. The maximum Gasteiger partial charge on any atom is 0.139 e. The van der Waals surface area contributed by atoms with Gasteiger partial charge in [-0.15, -0.1) is 0 Å². The third-order valence-corrected chi connectivity index (χ3v) is 3.42. The average molecular weight is 191 g/mol. The quantitative estimate of drug-likeness (QED) is 0.643. The van der Waals surface area contributed by atoms with Gasteiger partial charge in [-0.05, 0) is 25.7 Å². The Morgan fingerprint density at radius 3 is 2.93 bits per heavy atom. The molecule has 0 aromatic heterocycles. The van der Waals surface area contributed by atoms with E-state index in [0.717, 1.165) is 12.0 Å². The molecule has 1 aliphatic carbocycles. The van der Waals surface area contributed by atoms with Crippen LogP contribution in [0.3, 0.4) is 0 Å². The van der Waals surface area contributed by atoms with Gasteiger partial charge in [-0.25, -0.2) is 0 Å². The summed E-state index contributed by atoms with van der Waals surface area (Å²) in [5.41, 5.74) is 0.762. The second-order valence-electron chi connectivity index (χ2n) is 4.44. The van der Waals surface area contributed by atoms with Crippen molar-refractivity contribution in [2.45, 2.75) is 39.5 Å². The average Bonchev–Trinajstić information content (AvgIpc) is 2.41. The van der Waals surface area contributed by atoms with Gasteiger partial charge in [0.15, 0.2) is 0 Å². The highest BCUT2D eigenvalue weighted by Crippen LogP contribution is 2.46. The fourth-order valence-corrected chi connectivity index (χ4v) is 2.49. The van der Waals surface area contributed by atoms with Crippen LogP contribution in [-0.2, 0) is 4.79 Å². The first-order valence-electron chi connectivity index (χ1n) is 5.08. The highest BCUT2D eigenvalue weighted by Gasteiger charge is 2.45. The number of carbonyl (C=O) groups is 1. The molecule has 0 unspecified atom stereocenters. The lowest BCUT2D eigenvalue weighted by molar-refractivity contribution is -0.126. The summed E-state index contributed by atoms with van der Waals surface area (Å²) in [6.45, 7) is 7.91. The number of nitrogens with zero attached hydrogens (tertiary/aromatic N) is 1. The molecule has 2 atom stereocenters. The molecular formula is C12H17NO. The van der Waals surface area contributed by atoms with Crippen molar-refractivity contribution in [3.8, 4) is 6.07 Å². The second kappa shape index (κ2) is 3.96. The van der Waals surface area contributed by atoms with Gasteiger partial charge in [-0.1, -0.05) is 19.1 Å². The summed E-state index contributed by atoms with van der Waals surface area (Å²) in [5, 5.41) is 8.57. The summed E-state index contributed by atoms with van der Waals surface area (Å²) in [6, 6.07) is 2.12. The zero-order chi connectivity index (χ0) is 10.8. The van der Waals surface area contributed by atoms with Crippen molar-refractivity contribution < 1.29 is 4.79 Å². The van der Waals surface area contributed by atoms with Crippen molar-refractivity contribution in [2.24, 2.45) is 11.3 Å². The van der Waals surface area contributed by atoms with E-state index in [-0.39, 0.29) is 11.3 Å². The van der Waals surface area contributed by atoms with E-state index in [9.17, 15) is 4.79 Å². The number of hydrogen-bond donors (Lipinski definition) is 0. The van der Waals surface area contributed by atoms with E-state index < -0.39 is 0 Å². The van der Waals surface area contributed by atoms with E-state index in [1.165, 1.54) is 0 Å². The van der Waals surface area contributed by atoms with E-state index >= 15 is 0 Å². The summed E-state index contributed by atoms with van der Waals surface area (Å²) in [4.78, 5) is 11.8. The number of carbonyl (C=O) groups excluding carboxylic acids is 1. The van der Waals surface area contributed by atoms with Gasteiger partial charge in [0.2, 0.25) is 0 Å². The number of hydrogen-bond acceptors (Lipinski definition) is 2. The minimum atomic E-state index is -0.318. The van der Waals surface area contributed by atoms with E-state index in [4.69, 9.17) is 5.26 Å².